The Morgan fingerprint density at radius 1 is 1.30 bits per heavy atom. The van der Waals surface area contributed by atoms with Crippen LogP contribution in [0.4, 0.5) is 0 Å². The highest BCUT2D eigenvalue weighted by atomic mass is 32.1. The molecule has 0 atom stereocenters. The Labute approximate surface area is 161 Å². The molecule has 3 aromatic rings. The van der Waals surface area contributed by atoms with E-state index in [9.17, 15) is 9.90 Å². The van der Waals surface area contributed by atoms with Gasteiger partial charge in [0.25, 0.3) is 5.91 Å². The summed E-state index contributed by atoms with van der Waals surface area (Å²) in [5.41, 5.74) is 0.0767. The van der Waals surface area contributed by atoms with E-state index in [2.05, 4.69) is 15.3 Å². The summed E-state index contributed by atoms with van der Waals surface area (Å²) >= 11 is 1.54. The number of fused-ring (bicyclic) bond motifs is 1. The topological polar surface area (TPSA) is 80.0 Å². The Morgan fingerprint density at radius 2 is 2.11 bits per heavy atom. The van der Waals surface area contributed by atoms with Crippen molar-refractivity contribution in [1.29, 1.82) is 0 Å². The van der Waals surface area contributed by atoms with Gasteiger partial charge in [-0.2, -0.15) is 0 Å². The lowest BCUT2D eigenvalue weighted by Crippen LogP contribution is -2.40. The van der Waals surface area contributed by atoms with Gasteiger partial charge in [0.2, 0.25) is 0 Å². The first kappa shape index (κ1) is 16.9. The van der Waals surface area contributed by atoms with E-state index in [-0.39, 0.29) is 11.9 Å². The molecule has 3 heterocycles. The zero-order valence-corrected chi connectivity index (χ0v) is 15.8. The number of thiophene rings is 1. The molecule has 0 bridgehead atoms. The van der Waals surface area contributed by atoms with Crippen LogP contribution in [0.15, 0.2) is 36.2 Å². The predicted molar refractivity (Wildman–Crippen MR) is 104 cm³/mol. The number of aliphatic hydroxyl groups is 1. The smallest absolute Gasteiger partial charge is 0.271 e. The Morgan fingerprint density at radius 3 is 2.81 bits per heavy atom. The van der Waals surface area contributed by atoms with Gasteiger partial charge in [0.1, 0.15) is 17.8 Å². The molecule has 0 saturated heterocycles. The average molecular weight is 382 g/mol. The second-order valence-corrected chi connectivity index (χ2v) is 8.68. The molecule has 3 aromatic heterocycles. The zero-order valence-electron chi connectivity index (χ0n) is 15.0. The van der Waals surface area contributed by atoms with E-state index < -0.39 is 5.60 Å². The molecule has 2 aliphatic carbocycles. The summed E-state index contributed by atoms with van der Waals surface area (Å²) in [6.07, 6.45) is 10.9. The van der Waals surface area contributed by atoms with Gasteiger partial charge < -0.3 is 10.4 Å². The highest BCUT2D eigenvalue weighted by molar-refractivity contribution is 7.17. The van der Waals surface area contributed by atoms with Crippen molar-refractivity contribution in [3.8, 4) is 5.82 Å². The van der Waals surface area contributed by atoms with Gasteiger partial charge >= 0.3 is 0 Å². The molecule has 140 valence electrons. The standard InChI is InChI=1S/C20H22N4O2S/c25-19(22-15-3-1-14(2-4-15)20(26)6-7-20)17-18-13(5-10-27-18)11-16(23-17)24-9-8-21-12-24/h5,8-12,14-15,26H,1-4,6-7H2,(H,22,25). The summed E-state index contributed by atoms with van der Waals surface area (Å²) in [4.78, 5) is 21.7. The molecule has 2 saturated carbocycles. The second kappa shape index (κ2) is 6.42. The molecular formula is C20H22N4O2S. The summed E-state index contributed by atoms with van der Waals surface area (Å²) in [6, 6.07) is 4.15. The van der Waals surface area contributed by atoms with Crippen LogP contribution < -0.4 is 5.32 Å². The van der Waals surface area contributed by atoms with Crippen molar-refractivity contribution < 1.29 is 9.90 Å². The zero-order chi connectivity index (χ0) is 18.4. The van der Waals surface area contributed by atoms with E-state index in [0.29, 0.717) is 17.4 Å². The number of imidazole rings is 1. The number of hydrogen-bond donors (Lipinski definition) is 2. The lowest BCUT2D eigenvalue weighted by atomic mass is 9.81. The third-order valence-electron chi connectivity index (χ3n) is 5.99. The van der Waals surface area contributed by atoms with Crippen LogP contribution in [-0.4, -0.2) is 37.2 Å². The number of carbonyl (C=O) groups excluding carboxylic acids is 1. The predicted octanol–water partition coefficient (Wildman–Crippen LogP) is 3.30. The second-order valence-electron chi connectivity index (χ2n) is 7.76. The molecule has 0 unspecified atom stereocenters. The monoisotopic (exact) mass is 382 g/mol. The molecule has 1 amide bonds. The van der Waals surface area contributed by atoms with Crippen LogP contribution in [-0.2, 0) is 0 Å². The SMILES string of the molecule is O=C(NC1CCC(C2(O)CC2)CC1)c1nc(-n2ccnc2)cc2ccsc12. The summed E-state index contributed by atoms with van der Waals surface area (Å²) in [5, 5.41) is 16.5. The van der Waals surface area contributed by atoms with Gasteiger partial charge in [-0.1, -0.05) is 0 Å². The van der Waals surface area contributed by atoms with Gasteiger partial charge in [-0.05, 0) is 67.3 Å². The number of pyridine rings is 1. The van der Waals surface area contributed by atoms with Gasteiger partial charge in [0.15, 0.2) is 0 Å². The highest BCUT2D eigenvalue weighted by Crippen LogP contribution is 2.48. The first-order valence-electron chi connectivity index (χ1n) is 9.52. The van der Waals surface area contributed by atoms with E-state index in [1.807, 2.05) is 28.3 Å². The van der Waals surface area contributed by atoms with Crippen molar-refractivity contribution in [3.63, 3.8) is 0 Å². The molecule has 7 heteroatoms. The molecule has 0 aliphatic heterocycles. The van der Waals surface area contributed by atoms with Crippen molar-refractivity contribution in [3.05, 3.63) is 41.9 Å². The summed E-state index contributed by atoms with van der Waals surface area (Å²) in [6.45, 7) is 0. The fraction of sp³-hybridized carbons (Fsp3) is 0.450. The van der Waals surface area contributed by atoms with Crippen LogP contribution in [0.1, 0.15) is 49.0 Å². The minimum atomic E-state index is -0.404. The molecule has 5 rings (SSSR count). The number of rotatable bonds is 4. The molecule has 2 N–H and O–H groups in total. The fourth-order valence-electron chi connectivity index (χ4n) is 4.21. The maximum absolute atomic E-state index is 13.0. The number of nitrogens with one attached hydrogen (secondary N) is 1. The van der Waals surface area contributed by atoms with Crippen LogP contribution in [0.3, 0.4) is 0 Å². The molecule has 2 fully saturated rings. The quantitative estimate of drug-likeness (QED) is 0.726. The van der Waals surface area contributed by atoms with Gasteiger partial charge in [0.05, 0.1) is 10.3 Å². The van der Waals surface area contributed by atoms with E-state index >= 15 is 0 Å². The summed E-state index contributed by atoms with van der Waals surface area (Å²) in [5.74, 6) is 0.985. The Hall–Kier alpha value is -2.25. The first-order valence-corrected chi connectivity index (χ1v) is 10.4. The molecular weight excluding hydrogens is 360 g/mol. The molecule has 0 spiro atoms. The van der Waals surface area contributed by atoms with Crippen LogP contribution in [0.25, 0.3) is 15.9 Å². The minimum absolute atomic E-state index is 0.113. The van der Waals surface area contributed by atoms with Crippen LogP contribution in [0.5, 0.6) is 0 Å². The van der Waals surface area contributed by atoms with Crippen molar-refractivity contribution in [2.75, 3.05) is 0 Å². The van der Waals surface area contributed by atoms with Gasteiger partial charge in [0, 0.05) is 18.4 Å². The van der Waals surface area contributed by atoms with E-state index in [1.165, 1.54) is 0 Å². The Balaban J connectivity index is 1.35. The van der Waals surface area contributed by atoms with Crippen molar-refractivity contribution in [2.24, 2.45) is 5.92 Å². The van der Waals surface area contributed by atoms with E-state index in [0.717, 1.165) is 48.6 Å². The van der Waals surface area contributed by atoms with Gasteiger partial charge in [-0.15, -0.1) is 11.3 Å². The van der Waals surface area contributed by atoms with Crippen molar-refractivity contribution >= 4 is 27.3 Å². The van der Waals surface area contributed by atoms with Crippen LogP contribution >= 0.6 is 11.3 Å². The number of carbonyl (C=O) groups is 1. The lowest BCUT2D eigenvalue weighted by Gasteiger charge is -2.32. The largest absolute Gasteiger partial charge is 0.390 e. The molecule has 27 heavy (non-hydrogen) atoms. The minimum Gasteiger partial charge on any atom is -0.390 e. The highest BCUT2D eigenvalue weighted by Gasteiger charge is 2.48. The number of aromatic nitrogens is 3. The lowest BCUT2D eigenvalue weighted by molar-refractivity contribution is 0.0541. The number of hydrogen-bond acceptors (Lipinski definition) is 5. The summed E-state index contributed by atoms with van der Waals surface area (Å²) in [7, 11) is 0. The Bertz CT molecular complexity index is 969. The van der Waals surface area contributed by atoms with Crippen molar-refractivity contribution in [2.45, 2.75) is 50.2 Å². The first-order chi connectivity index (χ1) is 13.1. The third kappa shape index (κ3) is 3.15. The fourth-order valence-corrected chi connectivity index (χ4v) is 5.07. The average Bonchev–Trinajstić information content (AvgIpc) is 3.08. The molecule has 6 nitrogen and oxygen atoms in total. The maximum Gasteiger partial charge on any atom is 0.271 e. The molecule has 2 aliphatic rings. The number of nitrogens with zero attached hydrogens (tertiary/aromatic N) is 3. The molecule has 0 aromatic carbocycles. The van der Waals surface area contributed by atoms with Crippen LogP contribution in [0, 0.1) is 5.92 Å². The maximum atomic E-state index is 13.0. The normalized spacial score (nSPS) is 24.0. The van der Waals surface area contributed by atoms with Gasteiger partial charge in [-0.25, -0.2) is 9.97 Å². The van der Waals surface area contributed by atoms with Crippen molar-refractivity contribution in [1.82, 2.24) is 19.9 Å². The third-order valence-corrected chi connectivity index (χ3v) is 6.93. The number of amides is 1. The van der Waals surface area contributed by atoms with Gasteiger partial charge in [-0.3, -0.25) is 9.36 Å². The molecule has 0 radical (unpaired) electrons. The van der Waals surface area contributed by atoms with Crippen LogP contribution in [0.2, 0.25) is 0 Å². The van der Waals surface area contributed by atoms with E-state index in [1.54, 1.807) is 23.9 Å². The van der Waals surface area contributed by atoms with E-state index in [4.69, 9.17) is 0 Å². The Kier molecular flexibility index (Phi) is 4.02. The summed E-state index contributed by atoms with van der Waals surface area (Å²) < 4.78 is 2.73.